The number of hydrogen-bond acceptors (Lipinski definition) is 10. The van der Waals surface area contributed by atoms with Crippen molar-refractivity contribution in [1.29, 1.82) is 0 Å². The maximum Gasteiger partial charge on any atom is 0.668 e. The SMILES string of the molecule is N[C@@H](CCC(=O)N[C@@H](CS)C(=O)NCC(=O)O)C(=O)O.O[Si](O)(O)O. The van der Waals surface area contributed by atoms with E-state index in [4.69, 9.17) is 35.1 Å². The first-order valence-corrected chi connectivity index (χ1v) is 8.97. The summed E-state index contributed by atoms with van der Waals surface area (Å²) in [4.78, 5) is 73.0. The second-order valence-corrected chi connectivity index (χ2v) is 6.06. The largest absolute Gasteiger partial charge is 0.668 e. The highest BCUT2D eigenvalue weighted by Gasteiger charge is 2.22. The minimum absolute atomic E-state index is 0.0256. The summed E-state index contributed by atoms with van der Waals surface area (Å²) >= 11 is 3.87. The van der Waals surface area contributed by atoms with Gasteiger partial charge in [-0.3, -0.25) is 19.2 Å². The van der Waals surface area contributed by atoms with Crippen LogP contribution in [0.4, 0.5) is 0 Å². The third kappa shape index (κ3) is 18.4. The summed E-state index contributed by atoms with van der Waals surface area (Å²) in [5.74, 6) is -3.70. The molecule has 0 aliphatic heterocycles. The van der Waals surface area contributed by atoms with Crippen LogP contribution in [-0.4, -0.2) is 86.6 Å². The molecule has 2 atom stereocenters. The molecule has 10 N–H and O–H groups in total. The molecule has 0 radical (unpaired) electrons. The Kier molecular flexibility index (Phi) is 12.8. The topological polar surface area (TPSA) is 240 Å². The lowest BCUT2D eigenvalue weighted by molar-refractivity contribution is -0.139. The average Bonchev–Trinajstić information content (AvgIpc) is 2.45. The summed E-state index contributed by atoms with van der Waals surface area (Å²) in [6, 6.07) is -2.15. The summed E-state index contributed by atoms with van der Waals surface area (Å²) in [5.41, 5.74) is 5.23. The van der Waals surface area contributed by atoms with Gasteiger partial charge in [0.1, 0.15) is 18.6 Å². The molecule has 13 nitrogen and oxygen atoms in total. The summed E-state index contributed by atoms with van der Waals surface area (Å²) in [6.07, 6.45) is -0.235. The molecule has 0 spiro atoms. The molecule has 0 bridgehead atoms. The number of nitrogens with two attached hydrogens (primary N) is 1. The number of carboxylic acids is 2. The standard InChI is InChI=1S/C10H17N3O6S.H4O4Si/c11-5(10(18)19)1-2-7(14)13-6(4-20)9(17)12-3-8(15)16;1-5(2,3)4/h5-6,20H,1-4,11H2,(H,12,17)(H,13,14)(H,15,16)(H,18,19);1-4H/t5-,6-;/m0./s1. The Balaban J connectivity index is 0. The number of carbonyl (C=O) groups excluding carboxylic acids is 2. The second kappa shape index (κ2) is 12.6. The number of amides is 2. The van der Waals surface area contributed by atoms with Gasteiger partial charge in [0.05, 0.1) is 0 Å². The number of hydrogen-bond donors (Lipinski definition) is 10. The normalized spacial score (nSPS) is 12.9. The van der Waals surface area contributed by atoms with Crippen LogP contribution in [0, 0.1) is 0 Å². The predicted octanol–water partition coefficient (Wildman–Crippen LogP) is -4.81. The molecule has 0 saturated carbocycles. The van der Waals surface area contributed by atoms with Gasteiger partial charge in [-0.15, -0.1) is 0 Å². The lowest BCUT2D eigenvalue weighted by Crippen LogP contribution is -2.49. The van der Waals surface area contributed by atoms with E-state index in [0.29, 0.717) is 0 Å². The molecule has 0 aromatic carbocycles. The molecule has 0 aliphatic rings. The maximum atomic E-state index is 11.5. The number of carbonyl (C=O) groups is 4. The third-order valence-corrected chi connectivity index (χ3v) is 2.61. The van der Waals surface area contributed by atoms with E-state index in [-0.39, 0.29) is 18.6 Å². The summed E-state index contributed by atoms with van der Waals surface area (Å²) in [7, 11) is -4.61. The van der Waals surface area contributed by atoms with E-state index < -0.39 is 51.4 Å². The zero-order valence-electron chi connectivity index (χ0n) is 12.8. The Bertz CT molecular complexity index is 466. The summed E-state index contributed by atoms with van der Waals surface area (Å²) in [5, 5.41) is 21.4. The molecule has 0 fully saturated rings. The van der Waals surface area contributed by atoms with Crippen LogP contribution in [0.25, 0.3) is 0 Å². The first kappa shape index (κ1) is 25.5. The summed E-state index contributed by atoms with van der Waals surface area (Å²) < 4.78 is 0. The van der Waals surface area contributed by atoms with Crippen LogP contribution < -0.4 is 16.4 Å². The van der Waals surface area contributed by atoms with Crippen molar-refractivity contribution in [3.05, 3.63) is 0 Å². The zero-order valence-corrected chi connectivity index (χ0v) is 14.7. The Morgan fingerprint density at radius 3 is 1.92 bits per heavy atom. The molecule has 0 unspecified atom stereocenters. The van der Waals surface area contributed by atoms with Gasteiger partial charge in [0.2, 0.25) is 11.8 Å². The van der Waals surface area contributed by atoms with Gasteiger partial charge < -0.3 is 45.8 Å². The highest BCUT2D eigenvalue weighted by Crippen LogP contribution is 1.97. The molecule has 0 aromatic rings. The fourth-order valence-electron chi connectivity index (χ4n) is 1.16. The Labute approximate surface area is 148 Å². The second-order valence-electron chi connectivity index (χ2n) is 4.50. The third-order valence-electron chi connectivity index (χ3n) is 2.25. The number of nitrogens with one attached hydrogen (secondary N) is 2. The van der Waals surface area contributed by atoms with Crippen molar-refractivity contribution in [3.8, 4) is 0 Å². The van der Waals surface area contributed by atoms with Crippen LogP contribution in [0.15, 0.2) is 0 Å². The van der Waals surface area contributed by atoms with E-state index in [2.05, 4.69) is 23.3 Å². The van der Waals surface area contributed by atoms with Gasteiger partial charge in [-0.1, -0.05) is 0 Å². The predicted molar refractivity (Wildman–Crippen MR) is 85.9 cm³/mol. The van der Waals surface area contributed by atoms with E-state index in [1.165, 1.54) is 0 Å². The molecular weight excluding hydrogens is 382 g/mol. The molecule has 0 aromatic heterocycles. The molecule has 0 heterocycles. The lowest BCUT2D eigenvalue weighted by atomic mass is 10.1. The molecule has 146 valence electrons. The first-order chi connectivity index (χ1) is 11.3. The Hall–Kier alpha value is -1.75. The monoisotopic (exact) mass is 403 g/mol. The van der Waals surface area contributed by atoms with Crippen molar-refractivity contribution in [3.63, 3.8) is 0 Å². The molecular formula is C10H21N3O10SSi. The molecule has 2 amide bonds. The first-order valence-electron chi connectivity index (χ1n) is 6.55. The smallest absolute Gasteiger partial charge is 0.480 e. The van der Waals surface area contributed by atoms with Crippen molar-refractivity contribution in [2.24, 2.45) is 5.73 Å². The van der Waals surface area contributed by atoms with Crippen molar-refractivity contribution in [2.75, 3.05) is 12.3 Å². The van der Waals surface area contributed by atoms with Crippen molar-refractivity contribution in [1.82, 2.24) is 10.6 Å². The van der Waals surface area contributed by atoms with Gasteiger partial charge in [0, 0.05) is 12.2 Å². The molecule has 0 aliphatic carbocycles. The molecule has 25 heavy (non-hydrogen) atoms. The number of carboxylic acid groups (broad SMARTS) is 2. The van der Waals surface area contributed by atoms with Crippen LogP contribution in [0.3, 0.4) is 0 Å². The Morgan fingerprint density at radius 2 is 1.56 bits per heavy atom. The van der Waals surface area contributed by atoms with Crippen LogP contribution >= 0.6 is 12.6 Å². The molecule has 0 rings (SSSR count). The van der Waals surface area contributed by atoms with Crippen molar-refractivity contribution < 1.29 is 48.6 Å². The van der Waals surface area contributed by atoms with Gasteiger partial charge >= 0.3 is 21.0 Å². The van der Waals surface area contributed by atoms with E-state index in [0.717, 1.165) is 0 Å². The molecule has 0 saturated heterocycles. The number of rotatable bonds is 9. The van der Waals surface area contributed by atoms with E-state index >= 15 is 0 Å². The highest BCUT2D eigenvalue weighted by atomic mass is 32.1. The van der Waals surface area contributed by atoms with E-state index in [1.54, 1.807) is 0 Å². The van der Waals surface area contributed by atoms with E-state index in [1.807, 2.05) is 0 Å². The van der Waals surface area contributed by atoms with Crippen LogP contribution in [-0.2, 0) is 19.2 Å². The fourth-order valence-corrected chi connectivity index (χ4v) is 1.41. The minimum Gasteiger partial charge on any atom is -0.480 e. The van der Waals surface area contributed by atoms with Crippen molar-refractivity contribution in [2.45, 2.75) is 24.9 Å². The van der Waals surface area contributed by atoms with Crippen LogP contribution in [0.2, 0.25) is 0 Å². The average molecular weight is 403 g/mol. The quantitative estimate of drug-likeness (QED) is 0.129. The van der Waals surface area contributed by atoms with Crippen molar-refractivity contribution >= 4 is 45.4 Å². The maximum absolute atomic E-state index is 11.5. The highest BCUT2D eigenvalue weighted by molar-refractivity contribution is 7.80. The van der Waals surface area contributed by atoms with Crippen LogP contribution in [0.1, 0.15) is 12.8 Å². The summed E-state index contributed by atoms with van der Waals surface area (Å²) in [6.45, 7) is -0.567. The minimum atomic E-state index is -4.61. The van der Waals surface area contributed by atoms with E-state index in [9.17, 15) is 19.2 Å². The number of aliphatic carboxylic acids is 2. The van der Waals surface area contributed by atoms with Gasteiger partial charge in [0.15, 0.2) is 0 Å². The van der Waals surface area contributed by atoms with Gasteiger partial charge in [0.25, 0.3) is 0 Å². The zero-order chi connectivity index (χ0) is 20.2. The Morgan fingerprint density at radius 1 is 1.08 bits per heavy atom. The number of thiol groups is 1. The lowest BCUT2D eigenvalue weighted by Gasteiger charge is -2.16. The fraction of sp³-hybridized carbons (Fsp3) is 0.600. The van der Waals surface area contributed by atoms with Gasteiger partial charge in [-0.25, -0.2) is 0 Å². The van der Waals surface area contributed by atoms with Gasteiger partial charge in [-0.05, 0) is 6.42 Å². The molecule has 15 heteroatoms. The van der Waals surface area contributed by atoms with Gasteiger partial charge in [-0.2, -0.15) is 12.6 Å². The van der Waals surface area contributed by atoms with Crippen LogP contribution in [0.5, 0.6) is 0 Å².